The lowest BCUT2D eigenvalue weighted by molar-refractivity contribution is -0.157. The second-order valence-electron chi connectivity index (χ2n) is 6.20. The van der Waals surface area contributed by atoms with Gasteiger partial charge in [-0.05, 0) is 57.2 Å². The molecule has 0 aliphatic heterocycles. The third-order valence-electron chi connectivity index (χ3n) is 3.28. The van der Waals surface area contributed by atoms with E-state index in [1.807, 2.05) is 39.0 Å². The summed E-state index contributed by atoms with van der Waals surface area (Å²) < 4.78 is 10.9. The van der Waals surface area contributed by atoms with E-state index >= 15 is 0 Å². The number of esters is 1. The molecule has 0 heterocycles. The maximum Gasteiger partial charge on any atom is 0.344 e. The molecule has 1 aromatic rings. The number of fused-ring (bicyclic) bond motifs is 1. The minimum absolute atomic E-state index is 0. The first-order valence-corrected chi connectivity index (χ1v) is 7.09. The van der Waals surface area contributed by atoms with Gasteiger partial charge in [0.05, 0.1) is 0 Å². The SMILES string of the molecule is CC(C)(C)OC(=O)COc1cccc2c1CCCC2N.Cl. The van der Waals surface area contributed by atoms with Crippen LogP contribution in [0.1, 0.15) is 50.8 Å². The molecular weight excluding hydrogens is 290 g/mol. The zero-order chi connectivity index (χ0) is 14.8. The van der Waals surface area contributed by atoms with Gasteiger partial charge in [0.15, 0.2) is 6.61 Å². The van der Waals surface area contributed by atoms with Crippen molar-refractivity contribution >= 4 is 18.4 Å². The lowest BCUT2D eigenvalue weighted by Crippen LogP contribution is -2.27. The number of carbonyl (C=O) groups excluding carboxylic acids is 1. The molecule has 1 aliphatic rings. The molecule has 21 heavy (non-hydrogen) atoms. The number of hydrogen-bond acceptors (Lipinski definition) is 4. The van der Waals surface area contributed by atoms with Gasteiger partial charge in [-0.25, -0.2) is 4.79 Å². The molecule has 1 aliphatic carbocycles. The van der Waals surface area contributed by atoms with Crippen molar-refractivity contribution < 1.29 is 14.3 Å². The van der Waals surface area contributed by atoms with Crippen molar-refractivity contribution in [3.63, 3.8) is 0 Å². The number of hydrogen-bond donors (Lipinski definition) is 1. The fourth-order valence-electron chi connectivity index (χ4n) is 2.49. The Balaban J connectivity index is 0.00000220. The van der Waals surface area contributed by atoms with Gasteiger partial charge in [-0.3, -0.25) is 0 Å². The average molecular weight is 314 g/mol. The van der Waals surface area contributed by atoms with Crippen molar-refractivity contribution in [2.45, 2.75) is 51.7 Å². The molecule has 2 rings (SSSR count). The van der Waals surface area contributed by atoms with Crippen molar-refractivity contribution in [2.24, 2.45) is 5.73 Å². The summed E-state index contributed by atoms with van der Waals surface area (Å²) in [6.45, 7) is 5.46. The molecule has 5 heteroatoms. The van der Waals surface area contributed by atoms with Crippen LogP contribution in [0.25, 0.3) is 0 Å². The van der Waals surface area contributed by atoms with Gasteiger partial charge in [0.1, 0.15) is 11.4 Å². The van der Waals surface area contributed by atoms with Crippen LogP contribution in [0.4, 0.5) is 0 Å². The van der Waals surface area contributed by atoms with Crippen LogP contribution in [0, 0.1) is 0 Å². The monoisotopic (exact) mass is 313 g/mol. The molecule has 0 bridgehead atoms. The third-order valence-corrected chi connectivity index (χ3v) is 3.28. The molecule has 0 fully saturated rings. The van der Waals surface area contributed by atoms with Crippen LogP contribution in [-0.2, 0) is 16.0 Å². The molecular formula is C16H24ClNO3. The summed E-state index contributed by atoms with van der Waals surface area (Å²) in [7, 11) is 0. The maximum atomic E-state index is 11.7. The van der Waals surface area contributed by atoms with Crippen LogP contribution in [0.5, 0.6) is 5.75 Å². The molecule has 0 radical (unpaired) electrons. The highest BCUT2D eigenvalue weighted by atomic mass is 35.5. The summed E-state index contributed by atoms with van der Waals surface area (Å²) in [5.41, 5.74) is 7.89. The highest BCUT2D eigenvalue weighted by molar-refractivity contribution is 5.85. The van der Waals surface area contributed by atoms with E-state index < -0.39 is 5.60 Å². The molecule has 0 amide bonds. The van der Waals surface area contributed by atoms with Crippen LogP contribution >= 0.6 is 12.4 Å². The molecule has 118 valence electrons. The topological polar surface area (TPSA) is 61.5 Å². The van der Waals surface area contributed by atoms with E-state index in [0.717, 1.165) is 36.1 Å². The zero-order valence-electron chi connectivity index (χ0n) is 12.8. The predicted octanol–water partition coefficient (Wildman–Crippen LogP) is 3.17. The van der Waals surface area contributed by atoms with E-state index in [9.17, 15) is 4.79 Å². The average Bonchev–Trinajstić information content (AvgIpc) is 2.35. The molecule has 4 nitrogen and oxygen atoms in total. The molecule has 1 aromatic carbocycles. The maximum absolute atomic E-state index is 11.7. The first-order valence-electron chi connectivity index (χ1n) is 7.09. The van der Waals surface area contributed by atoms with Crippen LogP contribution in [0.2, 0.25) is 0 Å². The highest BCUT2D eigenvalue weighted by Crippen LogP contribution is 2.34. The summed E-state index contributed by atoms with van der Waals surface area (Å²) in [6, 6.07) is 5.93. The fourth-order valence-corrected chi connectivity index (χ4v) is 2.49. The van der Waals surface area contributed by atoms with Gasteiger partial charge in [-0.15, -0.1) is 12.4 Å². The largest absolute Gasteiger partial charge is 0.482 e. The lowest BCUT2D eigenvalue weighted by atomic mass is 9.88. The van der Waals surface area contributed by atoms with Crippen molar-refractivity contribution in [3.05, 3.63) is 29.3 Å². The Morgan fingerprint density at radius 2 is 2.10 bits per heavy atom. The summed E-state index contributed by atoms with van der Waals surface area (Å²) in [5.74, 6) is 0.402. The van der Waals surface area contributed by atoms with Crippen molar-refractivity contribution in [3.8, 4) is 5.75 Å². The minimum Gasteiger partial charge on any atom is -0.482 e. The standard InChI is InChI=1S/C16H23NO3.ClH/c1-16(2,3)20-15(18)10-19-14-9-5-6-11-12(14)7-4-8-13(11)17;/h5-6,9,13H,4,7-8,10,17H2,1-3H3;1H. The van der Waals surface area contributed by atoms with Crippen LogP contribution < -0.4 is 10.5 Å². The Hall–Kier alpha value is -1.26. The second-order valence-corrected chi connectivity index (χ2v) is 6.20. The van der Waals surface area contributed by atoms with Crippen molar-refractivity contribution in [2.75, 3.05) is 6.61 Å². The Labute approximate surface area is 132 Å². The molecule has 0 saturated heterocycles. The number of rotatable bonds is 3. The number of benzene rings is 1. The number of nitrogens with two attached hydrogens (primary N) is 1. The summed E-state index contributed by atoms with van der Waals surface area (Å²) in [4.78, 5) is 11.7. The van der Waals surface area contributed by atoms with Crippen LogP contribution in [0.3, 0.4) is 0 Å². The van der Waals surface area contributed by atoms with E-state index in [1.165, 1.54) is 0 Å². The van der Waals surface area contributed by atoms with Gasteiger partial charge in [-0.1, -0.05) is 12.1 Å². The van der Waals surface area contributed by atoms with Gasteiger partial charge >= 0.3 is 5.97 Å². The van der Waals surface area contributed by atoms with Crippen LogP contribution in [-0.4, -0.2) is 18.2 Å². The summed E-state index contributed by atoms with van der Waals surface area (Å²) in [5, 5.41) is 0. The quantitative estimate of drug-likeness (QED) is 0.871. The van der Waals surface area contributed by atoms with E-state index in [4.69, 9.17) is 15.2 Å². The first kappa shape index (κ1) is 17.8. The fraction of sp³-hybridized carbons (Fsp3) is 0.562. The zero-order valence-corrected chi connectivity index (χ0v) is 13.7. The van der Waals surface area contributed by atoms with Crippen molar-refractivity contribution in [1.82, 2.24) is 0 Å². The van der Waals surface area contributed by atoms with E-state index in [0.29, 0.717) is 0 Å². The third kappa shape index (κ3) is 4.90. The molecule has 2 N–H and O–H groups in total. The molecule has 0 saturated carbocycles. The Morgan fingerprint density at radius 1 is 1.38 bits per heavy atom. The number of ether oxygens (including phenoxy) is 2. The molecule has 0 spiro atoms. The van der Waals surface area contributed by atoms with Gasteiger partial charge in [0.2, 0.25) is 0 Å². The summed E-state index contributed by atoms with van der Waals surface area (Å²) in [6.07, 6.45) is 3.01. The van der Waals surface area contributed by atoms with Gasteiger partial charge in [0.25, 0.3) is 0 Å². The molecule has 0 aromatic heterocycles. The summed E-state index contributed by atoms with van der Waals surface area (Å²) >= 11 is 0. The Kier molecular flexibility index (Phi) is 6.05. The Bertz CT molecular complexity index is 497. The van der Waals surface area contributed by atoms with E-state index in [2.05, 4.69) is 0 Å². The van der Waals surface area contributed by atoms with Crippen molar-refractivity contribution in [1.29, 1.82) is 0 Å². The lowest BCUT2D eigenvalue weighted by Gasteiger charge is -2.24. The highest BCUT2D eigenvalue weighted by Gasteiger charge is 2.21. The minimum atomic E-state index is -0.487. The second kappa shape index (κ2) is 7.14. The molecule has 1 unspecified atom stereocenters. The predicted molar refractivity (Wildman–Crippen MR) is 84.9 cm³/mol. The molecule has 1 atom stereocenters. The van der Waals surface area contributed by atoms with Gasteiger partial charge in [-0.2, -0.15) is 0 Å². The number of carbonyl (C=O) groups is 1. The Morgan fingerprint density at radius 3 is 2.76 bits per heavy atom. The van der Waals surface area contributed by atoms with Crippen LogP contribution in [0.15, 0.2) is 18.2 Å². The smallest absolute Gasteiger partial charge is 0.344 e. The normalized spacial score (nSPS) is 17.4. The van der Waals surface area contributed by atoms with E-state index in [1.54, 1.807) is 0 Å². The van der Waals surface area contributed by atoms with Gasteiger partial charge in [0, 0.05) is 6.04 Å². The van der Waals surface area contributed by atoms with E-state index in [-0.39, 0.29) is 31.0 Å². The van der Waals surface area contributed by atoms with Gasteiger partial charge < -0.3 is 15.2 Å². The first-order chi connectivity index (χ1) is 9.37. The number of halogens is 1.